The molecular formula is C30H36F6N2O4. The van der Waals surface area contributed by atoms with E-state index in [9.17, 15) is 41.0 Å². The van der Waals surface area contributed by atoms with Crippen molar-refractivity contribution in [2.24, 2.45) is 0 Å². The lowest BCUT2D eigenvalue weighted by Crippen LogP contribution is -2.53. The third-order valence-corrected chi connectivity index (χ3v) is 7.45. The predicted octanol–water partition coefficient (Wildman–Crippen LogP) is 6.88. The van der Waals surface area contributed by atoms with Crippen molar-refractivity contribution in [3.63, 3.8) is 0 Å². The molecule has 232 valence electrons. The molecule has 1 heterocycles. The van der Waals surface area contributed by atoms with Gasteiger partial charge in [-0.25, -0.2) is 4.79 Å². The molecule has 0 aromatic heterocycles. The smallest absolute Gasteiger partial charge is 0.430 e. The van der Waals surface area contributed by atoms with Crippen molar-refractivity contribution >= 4 is 11.9 Å². The molecular weight excluding hydrogens is 566 g/mol. The van der Waals surface area contributed by atoms with Crippen molar-refractivity contribution < 1.29 is 45.8 Å². The molecule has 42 heavy (non-hydrogen) atoms. The number of aryl methyl sites for hydroxylation is 1. The Bertz CT molecular complexity index is 1270. The van der Waals surface area contributed by atoms with Gasteiger partial charge in [-0.1, -0.05) is 64.4 Å². The first kappa shape index (κ1) is 33.2. The third kappa shape index (κ3) is 6.38. The van der Waals surface area contributed by atoms with Crippen LogP contribution in [0.5, 0.6) is 5.75 Å². The normalized spacial score (nSPS) is 18.4. The van der Waals surface area contributed by atoms with Gasteiger partial charge in [0.1, 0.15) is 11.3 Å². The maximum absolute atomic E-state index is 13.3. The molecule has 0 bridgehead atoms. The Morgan fingerprint density at radius 3 is 2.00 bits per heavy atom. The molecule has 1 fully saturated rings. The Morgan fingerprint density at radius 1 is 0.905 bits per heavy atom. The second kappa shape index (κ2) is 11.8. The molecule has 1 aliphatic rings. The summed E-state index contributed by atoms with van der Waals surface area (Å²) in [5, 5.41) is 12.5. The minimum Gasteiger partial charge on any atom is -0.493 e. The molecule has 12 heteroatoms. The zero-order valence-corrected chi connectivity index (χ0v) is 24.2. The topological polar surface area (TPSA) is 78.9 Å². The minimum absolute atomic E-state index is 0.0358. The van der Waals surface area contributed by atoms with Gasteiger partial charge in [-0.3, -0.25) is 9.69 Å². The van der Waals surface area contributed by atoms with Crippen molar-refractivity contribution in [3.8, 4) is 5.75 Å². The summed E-state index contributed by atoms with van der Waals surface area (Å²) in [5.74, 6) is -0.312. The lowest BCUT2D eigenvalue weighted by molar-refractivity contribution is -0.376. The van der Waals surface area contributed by atoms with E-state index in [2.05, 4.69) is 26.1 Å². The number of hydrogen-bond acceptors (Lipinski definition) is 4. The largest absolute Gasteiger partial charge is 0.493 e. The third-order valence-electron chi connectivity index (χ3n) is 7.45. The number of nitrogens with one attached hydrogen (secondary N) is 1. The predicted molar refractivity (Wildman–Crippen MR) is 144 cm³/mol. The lowest BCUT2D eigenvalue weighted by Gasteiger charge is -2.33. The van der Waals surface area contributed by atoms with E-state index in [1.54, 1.807) is 13.8 Å². The number of amides is 3. The van der Waals surface area contributed by atoms with Crippen LogP contribution in [0.1, 0.15) is 76.1 Å². The first-order valence-corrected chi connectivity index (χ1v) is 13.6. The molecule has 2 aromatic carbocycles. The van der Waals surface area contributed by atoms with E-state index in [0.29, 0.717) is 37.0 Å². The van der Waals surface area contributed by atoms with E-state index in [4.69, 9.17) is 4.74 Å². The van der Waals surface area contributed by atoms with Gasteiger partial charge >= 0.3 is 18.4 Å². The van der Waals surface area contributed by atoms with Crippen LogP contribution in [-0.2, 0) is 27.8 Å². The zero-order valence-electron chi connectivity index (χ0n) is 24.2. The van der Waals surface area contributed by atoms with Crippen molar-refractivity contribution in [1.82, 2.24) is 10.2 Å². The Morgan fingerprint density at radius 2 is 1.48 bits per heavy atom. The molecule has 1 unspecified atom stereocenters. The van der Waals surface area contributed by atoms with E-state index in [-0.39, 0.29) is 36.3 Å². The summed E-state index contributed by atoms with van der Waals surface area (Å²) in [6, 6.07) is 9.15. The van der Waals surface area contributed by atoms with Gasteiger partial charge in [-0.05, 0) is 60.4 Å². The molecule has 0 spiro atoms. The Balaban J connectivity index is 1.64. The molecule has 1 atom stereocenters. The van der Waals surface area contributed by atoms with E-state index < -0.39 is 41.0 Å². The number of ether oxygens (including phenoxy) is 1. The van der Waals surface area contributed by atoms with E-state index in [0.717, 1.165) is 16.5 Å². The number of benzene rings is 2. The molecule has 0 saturated carbocycles. The number of rotatable bonds is 10. The van der Waals surface area contributed by atoms with Crippen LogP contribution in [0.3, 0.4) is 0 Å². The van der Waals surface area contributed by atoms with Crippen LogP contribution in [-0.4, -0.2) is 47.4 Å². The molecule has 2 aromatic rings. The molecule has 3 amide bonds. The monoisotopic (exact) mass is 602 g/mol. The fourth-order valence-corrected chi connectivity index (χ4v) is 4.85. The number of unbranched alkanes of at least 4 members (excludes halogenated alkanes) is 1. The van der Waals surface area contributed by atoms with Gasteiger partial charge < -0.3 is 15.2 Å². The van der Waals surface area contributed by atoms with Gasteiger partial charge in [0, 0.05) is 12.1 Å². The van der Waals surface area contributed by atoms with Crippen LogP contribution in [0, 0.1) is 0 Å². The summed E-state index contributed by atoms with van der Waals surface area (Å²) in [6.07, 6.45) is -10.8. The molecule has 2 N–H and O–H groups in total. The first-order valence-electron chi connectivity index (χ1n) is 13.6. The summed E-state index contributed by atoms with van der Waals surface area (Å²) < 4.78 is 85.6. The summed E-state index contributed by atoms with van der Waals surface area (Å²) in [5.41, 5.74) is -5.85. The number of halogens is 6. The van der Waals surface area contributed by atoms with E-state index in [1.165, 1.54) is 0 Å². The fraction of sp³-hybridized carbons (Fsp3) is 0.533. The SMILES string of the molecule is CCCc1cc(C(O)(C(F)(F)F)C(F)(F)F)ccc1OCCCCN1C(=O)NC(C)(c2ccc(C(C)(C)C)cc2)C1=O. The minimum atomic E-state index is -5.98. The number of alkyl halides is 6. The summed E-state index contributed by atoms with van der Waals surface area (Å²) in [4.78, 5) is 27.0. The van der Waals surface area contributed by atoms with Gasteiger partial charge in [0.15, 0.2) is 0 Å². The van der Waals surface area contributed by atoms with Crippen LogP contribution >= 0.6 is 0 Å². The maximum Gasteiger partial charge on any atom is 0.430 e. The van der Waals surface area contributed by atoms with E-state index >= 15 is 0 Å². The summed E-state index contributed by atoms with van der Waals surface area (Å²) >= 11 is 0. The highest BCUT2D eigenvalue weighted by Crippen LogP contribution is 2.50. The molecule has 0 radical (unpaired) electrons. The number of aliphatic hydroxyl groups is 1. The van der Waals surface area contributed by atoms with Crippen molar-refractivity contribution in [1.29, 1.82) is 0 Å². The standard InChI is InChI=1S/C30H36F6N2O4/c1-6-9-19-18-22(28(41,29(31,32)33)30(34,35)36)14-15-23(19)42-17-8-7-16-38-24(39)27(5,37-25(38)40)21-12-10-20(11-13-21)26(2,3)4/h10-15,18,41H,6-9,16-17H2,1-5H3,(H,37,40). The van der Waals surface area contributed by atoms with Crippen molar-refractivity contribution in [2.75, 3.05) is 13.2 Å². The van der Waals surface area contributed by atoms with Gasteiger partial charge in [-0.15, -0.1) is 0 Å². The van der Waals surface area contributed by atoms with Crippen molar-refractivity contribution in [3.05, 3.63) is 64.7 Å². The lowest BCUT2D eigenvalue weighted by atomic mass is 9.84. The Labute approximate surface area is 241 Å². The molecule has 1 aliphatic heterocycles. The number of urea groups is 1. The Kier molecular flexibility index (Phi) is 9.32. The number of hydrogen-bond donors (Lipinski definition) is 2. The van der Waals surface area contributed by atoms with Crippen LogP contribution < -0.4 is 10.1 Å². The number of imide groups is 1. The number of nitrogens with zero attached hydrogens (tertiary/aromatic N) is 1. The molecule has 3 rings (SSSR count). The van der Waals surface area contributed by atoms with Crippen molar-refractivity contribution in [2.45, 2.75) is 89.2 Å². The average Bonchev–Trinajstić information content (AvgIpc) is 3.10. The highest BCUT2D eigenvalue weighted by Gasteiger charge is 2.71. The second-order valence-electron chi connectivity index (χ2n) is 11.7. The van der Waals surface area contributed by atoms with Crippen LogP contribution in [0.4, 0.5) is 31.1 Å². The van der Waals surface area contributed by atoms with E-state index in [1.807, 2.05) is 24.3 Å². The molecule has 6 nitrogen and oxygen atoms in total. The fourth-order valence-electron chi connectivity index (χ4n) is 4.85. The van der Waals surface area contributed by atoms with Gasteiger partial charge in [-0.2, -0.15) is 26.3 Å². The molecule has 1 saturated heterocycles. The first-order chi connectivity index (χ1) is 19.3. The van der Waals surface area contributed by atoms with Crippen LogP contribution in [0.2, 0.25) is 0 Å². The number of carbonyl (C=O) groups is 2. The summed E-state index contributed by atoms with van der Waals surface area (Å²) in [7, 11) is 0. The van der Waals surface area contributed by atoms with Gasteiger partial charge in [0.2, 0.25) is 0 Å². The Hall–Kier alpha value is -3.28. The van der Waals surface area contributed by atoms with Crippen LogP contribution in [0.25, 0.3) is 0 Å². The van der Waals surface area contributed by atoms with Gasteiger partial charge in [0.25, 0.3) is 11.5 Å². The second-order valence-corrected chi connectivity index (χ2v) is 11.7. The number of carbonyl (C=O) groups excluding carboxylic acids is 2. The molecule has 0 aliphatic carbocycles. The average molecular weight is 603 g/mol. The highest BCUT2D eigenvalue weighted by molar-refractivity contribution is 6.07. The van der Waals surface area contributed by atoms with Crippen LogP contribution in [0.15, 0.2) is 42.5 Å². The summed E-state index contributed by atoms with van der Waals surface area (Å²) in [6.45, 7) is 9.67. The van der Waals surface area contributed by atoms with Gasteiger partial charge in [0.05, 0.1) is 6.61 Å². The highest BCUT2D eigenvalue weighted by atomic mass is 19.4. The quantitative estimate of drug-likeness (QED) is 0.177. The zero-order chi connectivity index (χ0) is 31.7. The maximum atomic E-state index is 13.3.